The molecule has 1 amide bonds. The van der Waals surface area contributed by atoms with E-state index in [2.05, 4.69) is 15.9 Å². The minimum absolute atomic E-state index is 0.0254. The molecule has 1 aliphatic rings. The van der Waals surface area contributed by atoms with Crippen LogP contribution in [0.3, 0.4) is 0 Å². The van der Waals surface area contributed by atoms with Gasteiger partial charge in [0.15, 0.2) is 0 Å². The Kier molecular flexibility index (Phi) is 4.04. The molecule has 1 unspecified atom stereocenters. The van der Waals surface area contributed by atoms with E-state index in [-0.39, 0.29) is 10.2 Å². The van der Waals surface area contributed by atoms with E-state index in [0.717, 1.165) is 23.1 Å². The topological polar surface area (TPSA) is 54.5 Å². The number of hydrogen-bond donors (Lipinski definition) is 0. The van der Waals surface area contributed by atoms with Crippen molar-refractivity contribution in [3.63, 3.8) is 0 Å². The second-order valence-electron chi connectivity index (χ2n) is 4.47. The van der Waals surface area contributed by atoms with Crippen LogP contribution < -0.4 is 4.90 Å². The van der Waals surface area contributed by atoms with E-state index < -0.39 is 46.1 Å². The minimum Gasteiger partial charge on any atom is -0.310 e. The van der Waals surface area contributed by atoms with Crippen LogP contribution in [0.2, 0.25) is 0 Å². The van der Waals surface area contributed by atoms with E-state index in [0.29, 0.717) is 0 Å². The molecular formula is C11H8BrF4NO3S. The van der Waals surface area contributed by atoms with E-state index in [4.69, 9.17) is 0 Å². The number of halogens is 5. The van der Waals surface area contributed by atoms with Crippen LogP contribution in [0.5, 0.6) is 0 Å². The molecule has 1 aliphatic heterocycles. The number of carbonyl (C=O) groups is 1. The van der Waals surface area contributed by atoms with Crippen molar-refractivity contribution in [2.24, 2.45) is 0 Å². The molecule has 2 rings (SSSR count). The van der Waals surface area contributed by atoms with Crippen molar-refractivity contribution in [3.8, 4) is 0 Å². The Morgan fingerprint density at radius 1 is 1.29 bits per heavy atom. The Bertz CT molecular complexity index is 689. The van der Waals surface area contributed by atoms with Gasteiger partial charge in [-0.1, -0.05) is 0 Å². The third-order valence-electron chi connectivity index (χ3n) is 3.05. The first-order chi connectivity index (χ1) is 9.50. The Morgan fingerprint density at radius 3 is 2.33 bits per heavy atom. The highest BCUT2D eigenvalue weighted by atomic mass is 79.9. The molecule has 0 bridgehead atoms. The van der Waals surface area contributed by atoms with Crippen LogP contribution >= 0.6 is 15.9 Å². The molecule has 1 saturated heterocycles. The maximum atomic E-state index is 12.9. The van der Waals surface area contributed by atoms with Crippen LogP contribution in [-0.2, 0) is 21.2 Å². The zero-order chi connectivity index (χ0) is 16.0. The van der Waals surface area contributed by atoms with E-state index in [1.165, 1.54) is 0 Å². The summed E-state index contributed by atoms with van der Waals surface area (Å²) < 4.78 is 72.2. The van der Waals surface area contributed by atoms with Gasteiger partial charge in [0.25, 0.3) is 0 Å². The zero-order valence-corrected chi connectivity index (χ0v) is 12.6. The third-order valence-corrected chi connectivity index (χ3v) is 4.80. The number of hydrogen-bond acceptors (Lipinski definition) is 3. The number of alkyl halides is 3. The Morgan fingerprint density at radius 2 is 1.90 bits per heavy atom. The fraction of sp³-hybridized carbons (Fsp3) is 0.364. The molecule has 21 heavy (non-hydrogen) atoms. The molecule has 0 spiro atoms. The van der Waals surface area contributed by atoms with Gasteiger partial charge in [-0.25, -0.2) is 0 Å². The van der Waals surface area contributed by atoms with Crippen molar-refractivity contribution in [3.05, 3.63) is 28.2 Å². The van der Waals surface area contributed by atoms with Crippen LogP contribution in [0, 0.1) is 0 Å². The predicted octanol–water partition coefficient (Wildman–Crippen LogP) is 2.87. The quantitative estimate of drug-likeness (QED) is 0.577. The van der Waals surface area contributed by atoms with Crippen molar-refractivity contribution in [2.45, 2.75) is 17.8 Å². The van der Waals surface area contributed by atoms with Gasteiger partial charge in [-0.3, -0.25) is 4.79 Å². The molecule has 0 aliphatic carbocycles. The van der Waals surface area contributed by atoms with Crippen LogP contribution in [0.15, 0.2) is 22.7 Å². The summed E-state index contributed by atoms with van der Waals surface area (Å²) >= 11 is 2.91. The van der Waals surface area contributed by atoms with Crippen molar-refractivity contribution in [1.29, 1.82) is 0 Å². The Hall–Kier alpha value is -1.16. The highest BCUT2D eigenvalue weighted by Crippen LogP contribution is 2.37. The second-order valence-corrected chi connectivity index (χ2v) is 6.94. The Balaban J connectivity index is 2.34. The zero-order valence-electron chi connectivity index (χ0n) is 10.2. The molecule has 0 aromatic heterocycles. The number of amides is 1. The first kappa shape index (κ1) is 16.2. The molecule has 0 N–H and O–H groups in total. The lowest BCUT2D eigenvalue weighted by Gasteiger charge is -2.19. The van der Waals surface area contributed by atoms with Gasteiger partial charge >= 0.3 is 16.4 Å². The van der Waals surface area contributed by atoms with E-state index in [9.17, 15) is 30.3 Å². The molecule has 1 fully saturated rings. The number of rotatable bonds is 2. The summed E-state index contributed by atoms with van der Waals surface area (Å²) in [5.74, 6) is -0.665. The maximum absolute atomic E-state index is 12.9. The summed E-state index contributed by atoms with van der Waals surface area (Å²) in [7, 11) is -4.88. The van der Waals surface area contributed by atoms with E-state index in [1.807, 2.05) is 0 Å². The lowest BCUT2D eigenvalue weighted by molar-refractivity contribution is -0.137. The van der Waals surface area contributed by atoms with Gasteiger partial charge in [-0.15, -0.1) is 3.89 Å². The molecule has 10 heteroatoms. The van der Waals surface area contributed by atoms with Crippen molar-refractivity contribution in [2.75, 3.05) is 11.4 Å². The van der Waals surface area contributed by atoms with Gasteiger partial charge in [-0.2, -0.15) is 21.6 Å². The standard InChI is InChI=1S/C11H8BrF4NO3S/c12-8-3-6(11(13,14)15)1-2-9(8)17-5-7(4-10(17)18)21(16,19)20/h1-3,7H,4-5H2. The molecule has 0 saturated carbocycles. The average molecular weight is 390 g/mol. The molecule has 0 radical (unpaired) electrons. The molecule has 1 atom stereocenters. The number of nitrogens with zero attached hydrogens (tertiary/aromatic N) is 1. The van der Waals surface area contributed by atoms with Gasteiger partial charge in [-0.05, 0) is 34.1 Å². The fourth-order valence-electron chi connectivity index (χ4n) is 2.00. The molecular weight excluding hydrogens is 382 g/mol. The van der Waals surface area contributed by atoms with Crippen LogP contribution in [0.25, 0.3) is 0 Å². The van der Waals surface area contributed by atoms with Crippen molar-refractivity contribution >= 4 is 37.7 Å². The first-order valence-electron chi connectivity index (χ1n) is 5.60. The molecule has 116 valence electrons. The van der Waals surface area contributed by atoms with Crippen LogP contribution in [0.1, 0.15) is 12.0 Å². The normalized spacial score (nSPS) is 20.1. The van der Waals surface area contributed by atoms with Gasteiger partial charge in [0.2, 0.25) is 5.91 Å². The summed E-state index contributed by atoms with van der Waals surface area (Å²) in [6, 6.07) is 2.59. The lowest BCUT2D eigenvalue weighted by Crippen LogP contribution is -2.27. The van der Waals surface area contributed by atoms with Crippen molar-refractivity contribution in [1.82, 2.24) is 0 Å². The highest BCUT2D eigenvalue weighted by molar-refractivity contribution is 9.10. The van der Waals surface area contributed by atoms with E-state index in [1.54, 1.807) is 0 Å². The van der Waals surface area contributed by atoms with Gasteiger partial charge in [0.1, 0.15) is 5.25 Å². The van der Waals surface area contributed by atoms with Crippen LogP contribution in [0.4, 0.5) is 22.7 Å². The summed E-state index contributed by atoms with van der Waals surface area (Å²) in [4.78, 5) is 12.7. The second kappa shape index (κ2) is 5.24. The number of benzene rings is 1. The van der Waals surface area contributed by atoms with E-state index >= 15 is 0 Å². The molecule has 1 aromatic carbocycles. The molecule has 1 heterocycles. The summed E-state index contributed by atoms with van der Waals surface area (Å²) in [5.41, 5.74) is -0.849. The maximum Gasteiger partial charge on any atom is 0.416 e. The summed E-state index contributed by atoms with van der Waals surface area (Å²) in [6.07, 6.45) is -5.08. The smallest absolute Gasteiger partial charge is 0.310 e. The Labute approximate surface area is 126 Å². The third kappa shape index (κ3) is 3.37. The van der Waals surface area contributed by atoms with Gasteiger partial charge in [0, 0.05) is 17.4 Å². The lowest BCUT2D eigenvalue weighted by atomic mass is 10.2. The van der Waals surface area contributed by atoms with Gasteiger partial charge in [0.05, 0.1) is 11.3 Å². The largest absolute Gasteiger partial charge is 0.416 e. The predicted molar refractivity (Wildman–Crippen MR) is 69.9 cm³/mol. The monoisotopic (exact) mass is 389 g/mol. The van der Waals surface area contributed by atoms with Gasteiger partial charge < -0.3 is 4.90 Å². The minimum atomic E-state index is -4.88. The molecule has 4 nitrogen and oxygen atoms in total. The number of carbonyl (C=O) groups excluding carboxylic acids is 1. The summed E-state index contributed by atoms with van der Waals surface area (Å²) in [5, 5.41) is -1.50. The van der Waals surface area contributed by atoms with Crippen molar-refractivity contribution < 1.29 is 30.3 Å². The SMILES string of the molecule is O=C1CC(S(=O)(=O)F)CN1c1ccc(C(F)(F)F)cc1Br. The average Bonchev–Trinajstić information content (AvgIpc) is 2.70. The summed E-state index contributed by atoms with van der Waals surface area (Å²) in [6.45, 7) is -0.429. The first-order valence-corrected chi connectivity index (χ1v) is 7.84. The number of anilines is 1. The highest BCUT2D eigenvalue weighted by Gasteiger charge is 2.40. The fourth-order valence-corrected chi connectivity index (χ4v) is 3.26. The molecule has 1 aromatic rings. The van der Waals surface area contributed by atoms with Crippen LogP contribution in [-0.4, -0.2) is 26.1 Å².